The third kappa shape index (κ3) is 4.41. The number of fused-ring (bicyclic) bond motifs is 2. The lowest BCUT2D eigenvalue weighted by Crippen LogP contribution is -2.31. The second-order valence-electron chi connectivity index (χ2n) is 7.69. The Balaban J connectivity index is 1.41. The van der Waals surface area contributed by atoms with Gasteiger partial charge in [0.2, 0.25) is 0 Å². The van der Waals surface area contributed by atoms with Crippen LogP contribution >= 0.6 is 11.8 Å². The Kier molecular flexibility index (Phi) is 6.60. The summed E-state index contributed by atoms with van der Waals surface area (Å²) >= 11 is 1.50. The molecule has 2 heterocycles. The van der Waals surface area contributed by atoms with Gasteiger partial charge in [-0.3, -0.25) is 19.3 Å². The zero-order valence-corrected chi connectivity index (χ0v) is 18.9. The fraction of sp³-hybridized carbons (Fsp3) is 0.333. The summed E-state index contributed by atoms with van der Waals surface area (Å²) in [6.07, 6.45) is 1.25. The summed E-state index contributed by atoms with van der Waals surface area (Å²) in [5, 5.41) is 0.717. The van der Waals surface area contributed by atoms with Gasteiger partial charge in [-0.2, -0.15) is 0 Å². The third-order valence-electron chi connectivity index (χ3n) is 5.45. The smallest absolute Gasteiger partial charge is 0.326 e. The first kappa shape index (κ1) is 22.1. The molecule has 0 aliphatic carbocycles. The Morgan fingerprint density at radius 3 is 2.41 bits per heavy atom. The number of amides is 2. The minimum absolute atomic E-state index is 0.0889. The lowest BCUT2D eigenvalue weighted by atomic mass is 10.1. The number of imidazole rings is 1. The van der Waals surface area contributed by atoms with E-state index < -0.39 is 0 Å². The molecule has 0 N–H and O–H groups in total. The van der Waals surface area contributed by atoms with Crippen molar-refractivity contribution in [3.05, 3.63) is 59.7 Å². The van der Waals surface area contributed by atoms with Gasteiger partial charge in [-0.25, -0.2) is 4.98 Å². The molecule has 1 aliphatic heterocycles. The Hall–Kier alpha value is -3.13. The van der Waals surface area contributed by atoms with Crippen LogP contribution in [0.5, 0.6) is 0 Å². The molecule has 0 saturated heterocycles. The lowest BCUT2D eigenvalue weighted by Gasteiger charge is -2.14. The number of imide groups is 1. The second kappa shape index (κ2) is 9.56. The van der Waals surface area contributed by atoms with E-state index in [0.717, 1.165) is 22.6 Å². The molecule has 8 heteroatoms. The van der Waals surface area contributed by atoms with Crippen LogP contribution in [0.2, 0.25) is 0 Å². The molecule has 7 nitrogen and oxygen atoms in total. The first-order valence-corrected chi connectivity index (χ1v) is 11.7. The number of carbonyl (C=O) groups is 3. The van der Waals surface area contributed by atoms with Gasteiger partial charge in [0.05, 0.1) is 28.3 Å². The quantitative estimate of drug-likeness (QED) is 0.210. The van der Waals surface area contributed by atoms with Crippen LogP contribution in [-0.2, 0) is 16.1 Å². The summed E-state index contributed by atoms with van der Waals surface area (Å²) in [5.74, 6) is -0.126. The average Bonchev–Trinajstić information content (AvgIpc) is 3.26. The molecule has 2 amide bonds. The molecule has 0 fully saturated rings. The minimum atomic E-state index is -0.296. The van der Waals surface area contributed by atoms with Gasteiger partial charge in [-0.1, -0.05) is 43.0 Å². The molecule has 1 atom stereocenters. The highest BCUT2D eigenvalue weighted by molar-refractivity contribution is 7.99. The molecule has 1 unspecified atom stereocenters. The zero-order chi connectivity index (χ0) is 22.7. The topological polar surface area (TPSA) is 81.5 Å². The van der Waals surface area contributed by atoms with Crippen LogP contribution in [0.25, 0.3) is 11.0 Å². The van der Waals surface area contributed by atoms with E-state index in [0.29, 0.717) is 29.8 Å². The number of carbonyl (C=O) groups excluding carboxylic acids is 3. The molecule has 4 rings (SSSR count). The summed E-state index contributed by atoms with van der Waals surface area (Å²) in [6.45, 7) is 4.28. The molecular formula is C24H25N3O4S. The fourth-order valence-electron chi connectivity index (χ4n) is 3.62. The molecule has 0 radical (unpaired) electrons. The van der Waals surface area contributed by atoms with Crippen molar-refractivity contribution >= 4 is 40.6 Å². The number of para-hydroxylation sites is 2. The summed E-state index contributed by atoms with van der Waals surface area (Å²) in [4.78, 5) is 43.4. The van der Waals surface area contributed by atoms with Crippen LogP contribution in [-0.4, -0.2) is 50.6 Å². The van der Waals surface area contributed by atoms with E-state index in [9.17, 15) is 14.4 Å². The predicted molar refractivity (Wildman–Crippen MR) is 123 cm³/mol. The van der Waals surface area contributed by atoms with Crippen molar-refractivity contribution in [2.75, 3.05) is 12.3 Å². The highest BCUT2D eigenvalue weighted by atomic mass is 32.2. The van der Waals surface area contributed by atoms with E-state index >= 15 is 0 Å². The van der Waals surface area contributed by atoms with Crippen molar-refractivity contribution in [2.24, 2.45) is 0 Å². The van der Waals surface area contributed by atoms with Gasteiger partial charge in [0.15, 0.2) is 5.16 Å². The van der Waals surface area contributed by atoms with Gasteiger partial charge in [0, 0.05) is 12.3 Å². The third-order valence-corrected chi connectivity index (χ3v) is 6.51. The van der Waals surface area contributed by atoms with E-state index in [4.69, 9.17) is 4.74 Å². The van der Waals surface area contributed by atoms with Crippen LogP contribution in [0, 0.1) is 0 Å². The molecule has 32 heavy (non-hydrogen) atoms. The Morgan fingerprint density at radius 2 is 1.72 bits per heavy atom. The zero-order valence-electron chi connectivity index (χ0n) is 18.1. The average molecular weight is 452 g/mol. The number of esters is 1. The SMILES string of the molecule is CCC(C)OC(=O)Cn1c(SCCCN2C(=O)c3ccccc3C2=O)nc2ccccc21. The minimum Gasteiger partial charge on any atom is -0.461 e. The van der Waals surface area contributed by atoms with E-state index in [-0.39, 0.29) is 30.4 Å². The summed E-state index contributed by atoms with van der Waals surface area (Å²) in [5.41, 5.74) is 2.61. The second-order valence-corrected chi connectivity index (χ2v) is 8.75. The van der Waals surface area contributed by atoms with Gasteiger partial charge in [0.1, 0.15) is 6.54 Å². The van der Waals surface area contributed by atoms with Crippen molar-refractivity contribution in [3.8, 4) is 0 Å². The van der Waals surface area contributed by atoms with Crippen molar-refractivity contribution in [3.63, 3.8) is 0 Å². The van der Waals surface area contributed by atoms with Crippen LogP contribution in [0.3, 0.4) is 0 Å². The van der Waals surface area contributed by atoms with Crippen LogP contribution in [0.4, 0.5) is 0 Å². The summed E-state index contributed by atoms with van der Waals surface area (Å²) in [7, 11) is 0. The normalized spacial score (nSPS) is 14.1. The molecular weight excluding hydrogens is 426 g/mol. The van der Waals surface area contributed by atoms with E-state index in [1.165, 1.54) is 16.7 Å². The monoisotopic (exact) mass is 451 g/mol. The Morgan fingerprint density at radius 1 is 1.06 bits per heavy atom. The first-order chi connectivity index (χ1) is 15.5. The van der Waals surface area contributed by atoms with Crippen LogP contribution < -0.4 is 0 Å². The molecule has 1 aliphatic rings. The number of rotatable bonds is 9. The first-order valence-electron chi connectivity index (χ1n) is 10.7. The maximum atomic E-state index is 12.5. The van der Waals surface area contributed by atoms with Crippen molar-refractivity contribution in [1.29, 1.82) is 0 Å². The standard InChI is InChI=1S/C24H25N3O4S/c1-3-16(2)31-21(28)15-27-20-12-7-6-11-19(20)25-24(27)32-14-8-13-26-22(29)17-9-4-5-10-18(17)23(26)30/h4-7,9-12,16H,3,8,13-15H2,1-2H3. The maximum absolute atomic E-state index is 12.5. The fourth-order valence-corrected chi connectivity index (χ4v) is 4.56. The van der Waals surface area contributed by atoms with Gasteiger partial charge < -0.3 is 9.30 Å². The largest absolute Gasteiger partial charge is 0.461 e. The van der Waals surface area contributed by atoms with E-state index in [1.54, 1.807) is 24.3 Å². The molecule has 0 bridgehead atoms. The maximum Gasteiger partial charge on any atom is 0.326 e. The molecule has 0 spiro atoms. The molecule has 166 valence electrons. The van der Waals surface area contributed by atoms with Crippen LogP contribution in [0.15, 0.2) is 53.7 Å². The van der Waals surface area contributed by atoms with Crippen molar-refractivity contribution in [1.82, 2.24) is 14.5 Å². The molecule has 2 aromatic carbocycles. The number of aromatic nitrogens is 2. The number of nitrogens with zero attached hydrogens (tertiary/aromatic N) is 3. The predicted octanol–water partition coefficient (Wildman–Crippen LogP) is 4.16. The highest BCUT2D eigenvalue weighted by Gasteiger charge is 2.34. The van der Waals surface area contributed by atoms with Gasteiger partial charge in [0.25, 0.3) is 11.8 Å². The Bertz CT molecular complexity index is 1140. The van der Waals surface area contributed by atoms with Gasteiger partial charge in [-0.15, -0.1) is 0 Å². The molecule has 0 saturated carbocycles. The summed E-state index contributed by atoms with van der Waals surface area (Å²) < 4.78 is 7.31. The van der Waals surface area contributed by atoms with Crippen molar-refractivity contribution < 1.29 is 19.1 Å². The summed E-state index contributed by atoms with van der Waals surface area (Å²) in [6, 6.07) is 14.6. The Labute approximate surface area is 190 Å². The number of ether oxygens (including phenoxy) is 1. The number of hydrogen-bond acceptors (Lipinski definition) is 6. The number of thioether (sulfide) groups is 1. The molecule has 3 aromatic rings. The van der Waals surface area contributed by atoms with Gasteiger partial charge >= 0.3 is 5.97 Å². The van der Waals surface area contributed by atoms with Gasteiger partial charge in [-0.05, 0) is 44.0 Å². The van der Waals surface area contributed by atoms with Crippen molar-refractivity contribution in [2.45, 2.75) is 44.5 Å². The lowest BCUT2D eigenvalue weighted by molar-refractivity contribution is -0.149. The molecule has 1 aromatic heterocycles. The van der Waals surface area contributed by atoms with Crippen LogP contribution in [0.1, 0.15) is 47.4 Å². The van der Waals surface area contributed by atoms with E-state index in [1.807, 2.05) is 42.7 Å². The highest BCUT2D eigenvalue weighted by Crippen LogP contribution is 2.26. The number of hydrogen-bond donors (Lipinski definition) is 0. The number of benzene rings is 2. The van der Waals surface area contributed by atoms with E-state index in [2.05, 4.69) is 4.98 Å².